The SMILES string of the molecule is CC(C)Oc1ccc(NC(=O)C2CCCc3[nH]cnc32)c(F)c1. The Morgan fingerprint density at radius 2 is 2.30 bits per heavy atom. The van der Waals surface area contributed by atoms with Crippen molar-refractivity contribution < 1.29 is 13.9 Å². The quantitative estimate of drug-likeness (QED) is 0.908. The first kappa shape index (κ1) is 15.5. The summed E-state index contributed by atoms with van der Waals surface area (Å²) in [6, 6.07) is 4.47. The number of aromatic nitrogens is 2. The first-order valence-electron chi connectivity index (χ1n) is 7.84. The van der Waals surface area contributed by atoms with Crippen LogP contribution in [0.4, 0.5) is 10.1 Å². The van der Waals surface area contributed by atoms with E-state index in [2.05, 4.69) is 15.3 Å². The fraction of sp³-hybridized carbons (Fsp3) is 0.412. The molecule has 0 radical (unpaired) electrons. The summed E-state index contributed by atoms with van der Waals surface area (Å²) in [4.78, 5) is 19.8. The standard InChI is InChI=1S/C17H20FN3O2/c1-10(2)23-11-6-7-14(13(18)8-11)21-17(22)12-4-3-5-15-16(12)20-9-19-15/h6-10,12H,3-5H2,1-2H3,(H,19,20)(H,21,22). The van der Waals surface area contributed by atoms with Gasteiger partial charge >= 0.3 is 0 Å². The van der Waals surface area contributed by atoms with Gasteiger partial charge in [0, 0.05) is 11.8 Å². The number of aromatic amines is 1. The summed E-state index contributed by atoms with van der Waals surface area (Å²) >= 11 is 0. The predicted molar refractivity (Wildman–Crippen MR) is 85.1 cm³/mol. The molecule has 1 amide bonds. The van der Waals surface area contributed by atoms with E-state index in [0.717, 1.165) is 30.7 Å². The molecular weight excluding hydrogens is 297 g/mol. The average Bonchev–Trinajstić information content (AvgIpc) is 2.97. The fourth-order valence-electron chi connectivity index (χ4n) is 2.87. The maximum Gasteiger partial charge on any atom is 0.233 e. The Kier molecular flexibility index (Phi) is 4.32. The maximum atomic E-state index is 14.1. The average molecular weight is 317 g/mol. The molecule has 122 valence electrons. The Morgan fingerprint density at radius 3 is 3.04 bits per heavy atom. The number of anilines is 1. The molecule has 0 saturated carbocycles. The third kappa shape index (κ3) is 3.36. The van der Waals surface area contributed by atoms with E-state index in [-0.39, 0.29) is 23.6 Å². The van der Waals surface area contributed by atoms with Gasteiger partial charge in [-0.25, -0.2) is 9.37 Å². The molecule has 1 heterocycles. The number of aryl methyl sites for hydroxylation is 1. The number of rotatable bonds is 4. The van der Waals surface area contributed by atoms with Crippen LogP contribution in [0.1, 0.15) is 44.0 Å². The van der Waals surface area contributed by atoms with Crippen molar-refractivity contribution in [3.05, 3.63) is 41.7 Å². The molecule has 0 fully saturated rings. The van der Waals surface area contributed by atoms with Gasteiger partial charge in [0.2, 0.25) is 5.91 Å². The molecule has 3 rings (SSSR count). The summed E-state index contributed by atoms with van der Waals surface area (Å²) in [5, 5.41) is 2.67. The van der Waals surface area contributed by atoms with E-state index in [0.29, 0.717) is 5.75 Å². The van der Waals surface area contributed by atoms with Gasteiger partial charge in [-0.2, -0.15) is 0 Å². The van der Waals surface area contributed by atoms with Crippen molar-refractivity contribution in [1.29, 1.82) is 0 Å². The van der Waals surface area contributed by atoms with Gasteiger partial charge in [0.15, 0.2) is 0 Å². The highest BCUT2D eigenvalue weighted by molar-refractivity contribution is 5.96. The number of carbonyl (C=O) groups excluding carboxylic acids is 1. The number of hydrogen-bond donors (Lipinski definition) is 2. The lowest BCUT2D eigenvalue weighted by molar-refractivity contribution is -0.118. The molecule has 0 aliphatic heterocycles. The van der Waals surface area contributed by atoms with E-state index in [9.17, 15) is 9.18 Å². The van der Waals surface area contributed by atoms with Crippen molar-refractivity contribution in [3.8, 4) is 5.75 Å². The van der Waals surface area contributed by atoms with Gasteiger partial charge in [0.1, 0.15) is 11.6 Å². The van der Waals surface area contributed by atoms with E-state index in [1.54, 1.807) is 12.4 Å². The van der Waals surface area contributed by atoms with E-state index >= 15 is 0 Å². The lowest BCUT2D eigenvalue weighted by Crippen LogP contribution is -2.25. The number of H-pyrrole nitrogens is 1. The Balaban J connectivity index is 1.74. The molecule has 1 unspecified atom stereocenters. The van der Waals surface area contributed by atoms with Crippen molar-refractivity contribution in [2.45, 2.75) is 45.1 Å². The normalized spacial score (nSPS) is 17.0. The lowest BCUT2D eigenvalue weighted by Gasteiger charge is -2.20. The number of nitrogens with zero attached hydrogens (tertiary/aromatic N) is 1. The molecule has 5 nitrogen and oxygen atoms in total. The van der Waals surface area contributed by atoms with Crippen LogP contribution >= 0.6 is 0 Å². The second kappa shape index (κ2) is 6.40. The Labute approximate surface area is 134 Å². The molecule has 1 aliphatic carbocycles. The van der Waals surface area contributed by atoms with E-state index in [1.807, 2.05) is 13.8 Å². The number of fused-ring (bicyclic) bond motifs is 1. The van der Waals surface area contributed by atoms with Gasteiger partial charge in [-0.15, -0.1) is 0 Å². The van der Waals surface area contributed by atoms with Gasteiger partial charge in [0.25, 0.3) is 0 Å². The summed E-state index contributed by atoms with van der Waals surface area (Å²) in [6.45, 7) is 3.75. The van der Waals surface area contributed by atoms with Crippen molar-refractivity contribution in [1.82, 2.24) is 9.97 Å². The van der Waals surface area contributed by atoms with E-state index < -0.39 is 5.82 Å². The molecular formula is C17H20FN3O2. The number of ether oxygens (including phenoxy) is 1. The van der Waals surface area contributed by atoms with Gasteiger partial charge in [-0.1, -0.05) is 0 Å². The smallest absolute Gasteiger partial charge is 0.233 e. The van der Waals surface area contributed by atoms with Crippen LogP contribution < -0.4 is 10.1 Å². The zero-order valence-electron chi connectivity index (χ0n) is 13.2. The topological polar surface area (TPSA) is 67.0 Å². The summed E-state index contributed by atoms with van der Waals surface area (Å²) in [5.41, 5.74) is 1.93. The fourth-order valence-corrected chi connectivity index (χ4v) is 2.87. The summed E-state index contributed by atoms with van der Waals surface area (Å²) in [5.74, 6) is -0.622. The van der Waals surface area contributed by atoms with Crippen molar-refractivity contribution in [3.63, 3.8) is 0 Å². The highest BCUT2D eigenvalue weighted by Crippen LogP contribution is 2.31. The highest BCUT2D eigenvalue weighted by Gasteiger charge is 2.29. The van der Waals surface area contributed by atoms with Gasteiger partial charge < -0.3 is 15.0 Å². The first-order chi connectivity index (χ1) is 11.0. The zero-order valence-corrected chi connectivity index (χ0v) is 13.2. The molecule has 1 aliphatic rings. The monoisotopic (exact) mass is 317 g/mol. The van der Waals surface area contributed by atoms with E-state index in [4.69, 9.17) is 4.74 Å². The van der Waals surface area contributed by atoms with Crippen LogP contribution in [0, 0.1) is 5.82 Å². The number of hydrogen-bond acceptors (Lipinski definition) is 3. The van der Waals surface area contributed by atoms with E-state index in [1.165, 1.54) is 12.1 Å². The second-order valence-corrected chi connectivity index (χ2v) is 6.01. The summed E-state index contributed by atoms with van der Waals surface area (Å²) < 4.78 is 19.6. The number of halogens is 1. The van der Waals surface area contributed by atoms with Crippen molar-refractivity contribution >= 4 is 11.6 Å². The third-order valence-electron chi connectivity index (χ3n) is 3.89. The minimum Gasteiger partial charge on any atom is -0.491 e. The molecule has 2 aromatic rings. The largest absolute Gasteiger partial charge is 0.491 e. The van der Waals surface area contributed by atoms with Crippen LogP contribution in [0.3, 0.4) is 0 Å². The van der Waals surface area contributed by atoms with Crippen molar-refractivity contribution in [2.24, 2.45) is 0 Å². The lowest BCUT2D eigenvalue weighted by atomic mass is 9.89. The second-order valence-electron chi connectivity index (χ2n) is 6.01. The van der Waals surface area contributed by atoms with Crippen LogP contribution in [-0.2, 0) is 11.2 Å². The van der Waals surface area contributed by atoms with Crippen molar-refractivity contribution in [2.75, 3.05) is 5.32 Å². The predicted octanol–water partition coefficient (Wildman–Crippen LogP) is 3.39. The summed E-state index contributed by atoms with van der Waals surface area (Å²) in [6.07, 6.45) is 4.11. The Morgan fingerprint density at radius 1 is 1.48 bits per heavy atom. The molecule has 0 bridgehead atoms. The Bertz CT molecular complexity index is 712. The molecule has 23 heavy (non-hydrogen) atoms. The van der Waals surface area contributed by atoms with Crippen LogP contribution in [-0.4, -0.2) is 22.0 Å². The van der Waals surface area contributed by atoms with Crippen LogP contribution in [0.2, 0.25) is 0 Å². The molecule has 1 aromatic carbocycles. The van der Waals surface area contributed by atoms with Crippen LogP contribution in [0.25, 0.3) is 0 Å². The number of imidazole rings is 1. The number of nitrogens with one attached hydrogen (secondary N) is 2. The molecule has 2 N–H and O–H groups in total. The number of benzene rings is 1. The minimum atomic E-state index is -0.505. The molecule has 0 saturated heterocycles. The zero-order chi connectivity index (χ0) is 16.4. The third-order valence-corrected chi connectivity index (χ3v) is 3.89. The molecule has 1 atom stereocenters. The number of amides is 1. The van der Waals surface area contributed by atoms with Gasteiger partial charge in [0.05, 0.1) is 29.7 Å². The summed E-state index contributed by atoms with van der Waals surface area (Å²) in [7, 11) is 0. The molecule has 0 spiro atoms. The highest BCUT2D eigenvalue weighted by atomic mass is 19.1. The maximum absolute atomic E-state index is 14.1. The van der Waals surface area contributed by atoms with Gasteiger partial charge in [-0.3, -0.25) is 4.79 Å². The minimum absolute atomic E-state index is 0.0323. The molecule has 1 aromatic heterocycles. The Hall–Kier alpha value is -2.37. The molecule has 6 heteroatoms. The van der Waals surface area contributed by atoms with Crippen LogP contribution in [0.15, 0.2) is 24.5 Å². The number of carbonyl (C=O) groups is 1. The first-order valence-corrected chi connectivity index (χ1v) is 7.84. The van der Waals surface area contributed by atoms with Crippen LogP contribution in [0.5, 0.6) is 5.75 Å². The van der Waals surface area contributed by atoms with Gasteiger partial charge in [-0.05, 0) is 45.2 Å².